The molecule has 0 fully saturated rings. The van der Waals surface area contributed by atoms with E-state index in [1.165, 1.54) is 16.9 Å². The van der Waals surface area contributed by atoms with E-state index < -0.39 is 5.97 Å². The van der Waals surface area contributed by atoms with Gasteiger partial charge in [-0.1, -0.05) is 12.1 Å². The average Bonchev–Trinajstić information content (AvgIpc) is 3.03. The number of benzene rings is 1. The van der Waals surface area contributed by atoms with Crippen molar-refractivity contribution in [2.24, 2.45) is 0 Å². The summed E-state index contributed by atoms with van der Waals surface area (Å²) in [4.78, 5) is 27.4. The number of hydrogen-bond donors (Lipinski definition) is 1. The molecule has 0 unspecified atom stereocenters. The van der Waals surface area contributed by atoms with Crippen LogP contribution >= 0.6 is 11.3 Å². The van der Waals surface area contributed by atoms with Crippen molar-refractivity contribution < 1.29 is 14.3 Å². The molecule has 2 aromatic rings. The number of anilines is 1. The highest BCUT2D eigenvalue weighted by Gasteiger charge is 2.12. The van der Waals surface area contributed by atoms with E-state index in [9.17, 15) is 9.59 Å². The monoisotopic (exact) mass is 360 g/mol. The Morgan fingerprint density at radius 3 is 2.64 bits per heavy atom. The van der Waals surface area contributed by atoms with Crippen molar-refractivity contribution in [3.63, 3.8) is 0 Å². The van der Waals surface area contributed by atoms with Crippen LogP contribution in [0.2, 0.25) is 0 Å². The second kappa shape index (κ2) is 9.22. The summed E-state index contributed by atoms with van der Waals surface area (Å²) >= 11 is 1.36. The normalized spacial score (nSPS) is 10.4. The molecule has 0 aliphatic carbocycles. The van der Waals surface area contributed by atoms with Crippen LogP contribution < -0.4 is 10.2 Å². The van der Waals surface area contributed by atoms with Gasteiger partial charge < -0.3 is 15.0 Å². The van der Waals surface area contributed by atoms with Gasteiger partial charge in [0.25, 0.3) is 5.91 Å². The SMILES string of the molecule is CCN(CCNC(=O)COC(=O)c1ccc(C)s1)c1cccc(C)c1. The van der Waals surface area contributed by atoms with Gasteiger partial charge in [0.15, 0.2) is 6.61 Å². The smallest absolute Gasteiger partial charge is 0.348 e. The molecule has 0 atom stereocenters. The van der Waals surface area contributed by atoms with Gasteiger partial charge in [-0.2, -0.15) is 0 Å². The number of carbonyl (C=O) groups excluding carboxylic acids is 2. The van der Waals surface area contributed by atoms with Crippen LogP contribution in [0.15, 0.2) is 36.4 Å². The molecule has 5 nitrogen and oxygen atoms in total. The van der Waals surface area contributed by atoms with Gasteiger partial charge in [-0.05, 0) is 50.6 Å². The highest BCUT2D eigenvalue weighted by molar-refractivity contribution is 7.13. The maximum atomic E-state index is 11.8. The first-order valence-electron chi connectivity index (χ1n) is 8.31. The minimum atomic E-state index is -0.455. The Labute approximate surface area is 152 Å². The molecule has 0 radical (unpaired) electrons. The first kappa shape index (κ1) is 19.0. The fraction of sp³-hybridized carbons (Fsp3) is 0.368. The average molecular weight is 360 g/mol. The third kappa shape index (κ3) is 5.90. The van der Waals surface area contributed by atoms with Gasteiger partial charge in [-0.15, -0.1) is 11.3 Å². The van der Waals surface area contributed by atoms with Gasteiger partial charge in [-0.25, -0.2) is 4.79 Å². The molecule has 134 valence electrons. The van der Waals surface area contributed by atoms with Gasteiger partial charge in [0, 0.05) is 30.2 Å². The number of aryl methyl sites for hydroxylation is 2. The van der Waals surface area contributed by atoms with Crippen molar-refractivity contribution in [3.8, 4) is 0 Å². The fourth-order valence-corrected chi connectivity index (χ4v) is 3.18. The molecule has 6 heteroatoms. The van der Waals surface area contributed by atoms with Crippen molar-refractivity contribution in [2.45, 2.75) is 20.8 Å². The summed E-state index contributed by atoms with van der Waals surface area (Å²) in [6.45, 7) is 7.85. The van der Waals surface area contributed by atoms with Crippen LogP contribution in [0.4, 0.5) is 5.69 Å². The molecule has 0 aliphatic heterocycles. The largest absolute Gasteiger partial charge is 0.451 e. The van der Waals surface area contributed by atoms with Crippen LogP contribution in [-0.2, 0) is 9.53 Å². The molecule has 0 aliphatic rings. The standard InChI is InChI=1S/C19H24N2O3S/c1-4-21(16-7-5-6-14(2)12-16)11-10-20-18(22)13-24-19(23)17-9-8-15(3)25-17/h5-9,12H,4,10-11,13H2,1-3H3,(H,20,22). The summed E-state index contributed by atoms with van der Waals surface area (Å²) in [5.41, 5.74) is 2.34. The van der Waals surface area contributed by atoms with Gasteiger partial charge in [0.2, 0.25) is 0 Å². The zero-order valence-electron chi connectivity index (χ0n) is 14.9. The highest BCUT2D eigenvalue weighted by Crippen LogP contribution is 2.16. The van der Waals surface area contributed by atoms with Crippen LogP contribution in [0.25, 0.3) is 0 Å². The maximum absolute atomic E-state index is 11.8. The number of carbonyl (C=O) groups is 2. The molecule has 1 aromatic heterocycles. The topological polar surface area (TPSA) is 58.6 Å². The Kier molecular flexibility index (Phi) is 7.01. The molecule has 0 bridgehead atoms. The molecule has 1 aromatic carbocycles. The predicted molar refractivity (Wildman–Crippen MR) is 101 cm³/mol. The van der Waals surface area contributed by atoms with E-state index >= 15 is 0 Å². The molecule has 1 N–H and O–H groups in total. The Bertz CT molecular complexity index is 727. The number of nitrogens with zero attached hydrogens (tertiary/aromatic N) is 1. The number of thiophene rings is 1. The first-order chi connectivity index (χ1) is 12.0. The lowest BCUT2D eigenvalue weighted by Crippen LogP contribution is -2.36. The first-order valence-corrected chi connectivity index (χ1v) is 9.13. The number of amides is 1. The van der Waals surface area contributed by atoms with Gasteiger partial charge in [0.05, 0.1) is 0 Å². The van der Waals surface area contributed by atoms with Crippen LogP contribution in [0.5, 0.6) is 0 Å². The highest BCUT2D eigenvalue weighted by atomic mass is 32.1. The lowest BCUT2D eigenvalue weighted by molar-refractivity contribution is -0.124. The number of esters is 1. The van der Waals surface area contributed by atoms with E-state index in [0.717, 1.165) is 17.1 Å². The van der Waals surface area contributed by atoms with E-state index in [1.807, 2.05) is 19.1 Å². The Morgan fingerprint density at radius 2 is 2.00 bits per heavy atom. The van der Waals surface area contributed by atoms with Crippen molar-refractivity contribution >= 4 is 28.9 Å². The van der Waals surface area contributed by atoms with Crippen LogP contribution in [0.3, 0.4) is 0 Å². The third-order valence-electron chi connectivity index (χ3n) is 3.73. The van der Waals surface area contributed by atoms with Gasteiger partial charge in [0.1, 0.15) is 4.88 Å². The molecular weight excluding hydrogens is 336 g/mol. The quantitative estimate of drug-likeness (QED) is 0.735. The summed E-state index contributed by atoms with van der Waals surface area (Å²) in [6, 6.07) is 11.8. The second-order valence-electron chi connectivity index (χ2n) is 5.76. The summed E-state index contributed by atoms with van der Waals surface area (Å²) < 4.78 is 5.03. The van der Waals surface area contributed by atoms with Crippen molar-refractivity contribution in [2.75, 3.05) is 31.1 Å². The molecule has 1 heterocycles. The summed E-state index contributed by atoms with van der Waals surface area (Å²) in [7, 11) is 0. The van der Waals surface area contributed by atoms with E-state index in [-0.39, 0.29) is 12.5 Å². The Morgan fingerprint density at radius 1 is 1.20 bits per heavy atom. The van der Waals surface area contributed by atoms with Crippen LogP contribution in [0.1, 0.15) is 27.0 Å². The van der Waals surface area contributed by atoms with Crippen LogP contribution in [0, 0.1) is 13.8 Å². The number of likely N-dealkylation sites (N-methyl/N-ethyl adjacent to an activating group) is 1. The van der Waals surface area contributed by atoms with Gasteiger partial charge >= 0.3 is 5.97 Å². The molecule has 25 heavy (non-hydrogen) atoms. The van der Waals surface area contributed by atoms with E-state index in [0.29, 0.717) is 18.0 Å². The van der Waals surface area contributed by atoms with Crippen LogP contribution in [-0.4, -0.2) is 38.1 Å². The molecular formula is C19H24N2O3S. The second-order valence-corrected chi connectivity index (χ2v) is 7.04. The Hall–Kier alpha value is -2.34. The van der Waals surface area contributed by atoms with Crippen molar-refractivity contribution in [3.05, 3.63) is 51.7 Å². The molecule has 1 amide bonds. The predicted octanol–water partition coefficient (Wildman–Crippen LogP) is 3.16. The zero-order valence-corrected chi connectivity index (χ0v) is 15.7. The molecule has 0 saturated heterocycles. The summed E-state index contributed by atoms with van der Waals surface area (Å²) in [5.74, 6) is -0.745. The lowest BCUT2D eigenvalue weighted by Gasteiger charge is -2.23. The van der Waals surface area contributed by atoms with E-state index in [2.05, 4.69) is 42.3 Å². The minimum Gasteiger partial charge on any atom is -0.451 e. The van der Waals surface area contributed by atoms with Gasteiger partial charge in [-0.3, -0.25) is 4.79 Å². The summed E-state index contributed by atoms with van der Waals surface area (Å²) in [6.07, 6.45) is 0. The lowest BCUT2D eigenvalue weighted by atomic mass is 10.2. The number of rotatable bonds is 8. The number of ether oxygens (including phenoxy) is 1. The third-order valence-corrected chi connectivity index (χ3v) is 4.71. The molecule has 2 rings (SSSR count). The number of hydrogen-bond acceptors (Lipinski definition) is 5. The minimum absolute atomic E-state index is 0.258. The molecule has 0 spiro atoms. The Balaban J connectivity index is 1.73. The van der Waals surface area contributed by atoms with Crippen molar-refractivity contribution in [1.82, 2.24) is 5.32 Å². The maximum Gasteiger partial charge on any atom is 0.348 e. The summed E-state index contributed by atoms with van der Waals surface area (Å²) in [5, 5.41) is 2.79. The molecule has 0 saturated carbocycles. The van der Waals surface area contributed by atoms with E-state index in [1.54, 1.807) is 6.07 Å². The number of nitrogens with one attached hydrogen (secondary N) is 1. The fourth-order valence-electron chi connectivity index (χ4n) is 2.42. The van der Waals surface area contributed by atoms with E-state index in [4.69, 9.17) is 4.74 Å². The zero-order chi connectivity index (χ0) is 18.2. The van der Waals surface area contributed by atoms with Crippen molar-refractivity contribution in [1.29, 1.82) is 0 Å².